The van der Waals surface area contributed by atoms with Crippen molar-refractivity contribution < 1.29 is 31.7 Å². The van der Waals surface area contributed by atoms with Crippen molar-refractivity contribution in [3.8, 4) is 135 Å². The van der Waals surface area contributed by atoms with E-state index in [9.17, 15) is 22.7 Å². The van der Waals surface area contributed by atoms with Crippen molar-refractivity contribution in [2.75, 3.05) is 123 Å². The molecule has 35 heteroatoms. The van der Waals surface area contributed by atoms with Gasteiger partial charge in [0.25, 0.3) is 0 Å². The molecule has 16 aromatic heterocycles. The minimum atomic E-state index is -0.414. The van der Waals surface area contributed by atoms with Crippen molar-refractivity contribution in [2.24, 2.45) is 0 Å². The number of nitrogens with zero attached hydrogens (tertiary/aromatic N) is 27. The Kier molecular flexibility index (Phi) is 27.4. The van der Waals surface area contributed by atoms with Gasteiger partial charge >= 0.3 is 12.0 Å². The van der Waals surface area contributed by atoms with E-state index < -0.39 is 5.82 Å². The smallest absolute Gasteiger partial charge is 0.324 e. The lowest BCUT2D eigenvalue weighted by Gasteiger charge is -2.31. The topological polar surface area (TPSA) is 321 Å². The number of aliphatic hydroxyl groups excluding tert-OH is 1. The van der Waals surface area contributed by atoms with Crippen molar-refractivity contribution in [3.63, 3.8) is 0 Å². The number of benzene rings is 4. The monoisotopic (exact) mass is 1930 g/mol. The number of hydrogen-bond acceptors (Lipinski definition) is 28. The van der Waals surface area contributed by atoms with E-state index >= 15 is 0 Å². The largest absolute Gasteiger partial charge is 0.395 e. The molecule has 0 spiro atoms. The number of anilines is 2. The van der Waals surface area contributed by atoms with Crippen LogP contribution < -0.4 is 9.80 Å². The number of likely N-dealkylation sites (tertiary alicyclic amines) is 2. The first kappa shape index (κ1) is 93.1. The van der Waals surface area contributed by atoms with Crippen molar-refractivity contribution >= 4 is 67.8 Å². The van der Waals surface area contributed by atoms with E-state index in [0.717, 1.165) is 205 Å². The van der Waals surface area contributed by atoms with E-state index in [2.05, 4.69) is 163 Å². The van der Waals surface area contributed by atoms with Crippen LogP contribution in [0.4, 0.5) is 29.6 Å². The number of piperazine rings is 2. The fourth-order valence-corrected chi connectivity index (χ4v) is 18.5. The summed E-state index contributed by atoms with van der Waals surface area (Å²) in [6.07, 6.45) is 31.0. The molecule has 0 saturated carbocycles. The van der Waals surface area contributed by atoms with Gasteiger partial charge in [0.1, 0.15) is 29.0 Å². The van der Waals surface area contributed by atoms with Gasteiger partial charge in [0.05, 0.1) is 53.9 Å². The van der Waals surface area contributed by atoms with E-state index in [4.69, 9.17) is 20.6 Å². The average Bonchev–Trinajstić information content (AvgIpc) is 1.48. The number of aromatic nitrogens is 21. The van der Waals surface area contributed by atoms with Gasteiger partial charge in [0, 0.05) is 251 Å². The van der Waals surface area contributed by atoms with Gasteiger partial charge < -0.3 is 43.6 Å². The molecular formula is C108H94ClF4N27O3. The normalized spacial score (nSPS) is 14.7. The lowest BCUT2D eigenvalue weighted by atomic mass is 9.99. The standard InChI is InChI=1S/C29H27FN6O.C27H24FN7.C26H21ClFN7O.C26H22FN7O/c30-27-6-2-1-4-25(27)28-15-26(24-5-3-9-32-29(24)34-28)21-14-20(16-31-17-21)22-18-33-36(19-22)23-7-10-35(11-8-23)12-13-37;1-34-11-8-20(9-12-34)35-17-26(32-33-35)19-13-18(15-29-16-19)23-14-25(22-5-2-3-7-24(22)28)31-27-21(23)6-4-10-30-27;1-34-7-9-35(10-8-34)26-32-24(33-36-26)17-11-16(14-29-15-17)20-13-23(21-12-18(27)4-5-22(21)28)31-25-19(20)3-2-6-30-25;1-33-9-11-34(12-10-33)26-31-24(32-35-26)18-13-17(15-28-16-18)21-14-23(20-5-2-3-7-22(20)27)30-25-19(21)6-4-8-29-25/h1-6,9,14-19,23,37H,7-8,10-13H2;2-7,10,13-17,20H,8-9,11-12H2,1H3;2-6,11-15H,7-10H2,1H3;2-8,13-16H,9-12H2,1H3. The number of rotatable bonds is 18. The second-order valence-corrected chi connectivity index (χ2v) is 36.1. The highest BCUT2D eigenvalue weighted by atomic mass is 35.5. The minimum Gasteiger partial charge on any atom is -0.395 e. The summed E-state index contributed by atoms with van der Waals surface area (Å²) in [5.74, 6) is -0.467. The van der Waals surface area contributed by atoms with Crippen LogP contribution >= 0.6 is 11.6 Å². The Labute approximate surface area is 823 Å². The van der Waals surface area contributed by atoms with Gasteiger partial charge in [-0.3, -0.25) is 24.6 Å². The first-order chi connectivity index (χ1) is 70.0. The van der Waals surface area contributed by atoms with Crippen LogP contribution in [0.1, 0.15) is 37.8 Å². The lowest BCUT2D eigenvalue weighted by molar-refractivity contribution is 0.146. The van der Waals surface area contributed by atoms with E-state index in [-0.39, 0.29) is 24.1 Å². The van der Waals surface area contributed by atoms with Crippen LogP contribution in [-0.2, 0) is 0 Å². The SMILES string of the molecule is CN1CCC(n2cc(-c3cncc(-c4cc(-c5ccccc5F)nc5ncccc45)c3)nn2)CC1.CN1CCN(c2nc(-c3cncc(-c4cc(-c5cc(Cl)ccc5F)nc5ncccc45)c3)no2)CC1.CN1CCN(c2nc(-c3cncc(-c4cc(-c5ccccc5F)nc5ncccc45)c3)no2)CC1.OCCN1CCC(n2cc(-c3cncc(-c4cc(-c5ccccc5F)nc5ncccc45)c3)cn2)CC1. The molecule has 0 atom stereocenters. The molecule has 714 valence electrons. The Bertz CT molecular complexity index is 7750. The molecule has 30 nitrogen and oxygen atoms in total. The molecule has 4 saturated heterocycles. The van der Waals surface area contributed by atoms with Crippen LogP contribution in [0.2, 0.25) is 5.02 Å². The fourth-order valence-electron chi connectivity index (χ4n) is 18.3. The van der Waals surface area contributed by atoms with Crippen LogP contribution in [-0.4, -0.2) is 242 Å². The number of pyridine rings is 12. The molecule has 4 aromatic carbocycles. The second kappa shape index (κ2) is 42.0. The third kappa shape index (κ3) is 20.7. The number of hydrogen-bond donors (Lipinski definition) is 1. The molecule has 0 radical (unpaired) electrons. The van der Waals surface area contributed by atoms with Crippen molar-refractivity contribution in [1.82, 2.24) is 124 Å². The summed E-state index contributed by atoms with van der Waals surface area (Å²) in [7, 11) is 6.35. The Morgan fingerprint density at radius 1 is 0.336 bits per heavy atom. The zero-order valence-corrected chi connectivity index (χ0v) is 78.9. The summed E-state index contributed by atoms with van der Waals surface area (Å²) in [4.78, 5) is 76.7. The molecule has 20 aromatic rings. The van der Waals surface area contributed by atoms with Gasteiger partial charge in [0.15, 0.2) is 22.6 Å². The molecule has 4 aliphatic heterocycles. The number of piperidine rings is 2. The summed E-state index contributed by atoms with van der Waals surface area (Å²) >= 11 is 6.15. The molecular weight excluding hydrogens is 1830 g/mol. The highest BCUT2D eigenvalue weighted by Crippen LogP contribution is 2.42. The van der Waals surface area contributed by atoms with Gasteiger partial charge in [-0.05, 0) is 234 Å². The Morgan fingerprint density at radius 2 is 0.706 bits per heavy atom. The first-order valence-electron chi connectivity index (χ1n) is 47.1. The number of likely N-dealkylation sites (N-methyl/N-ethyl adjacent to an activating group) is 2. The van der Waals surface area contributed by atoms with Crippen LogP contribution in [0.15, 0.2) is 290 Å². The van der Waals surface area contributed by atoms with Gasteiger partial charge in [-0.15, -0.1) is 5.10 Å². The number of fused-ring (bicyclic) bond motifs is 4. The van der Waals surface area contributed by atoms with Gasteiger partial charge in [-0.1, -0.05) is 63.5 Å². The quantitative estimate of drug-likeness (QED) is 0.0780. The summed E-state index contributed by atoms with van der Waals surface area (Å²) < 4.78 is 73.6. The molecule has 20 heterocycles. The molecule has 0 aliphatic carbocycles. The van der Waals surface area contributed by atoms with Crippen LogP contribution in [0.3, 0.4) is 0 Å². The molecule has 0 amide bonds. The predicted octanol–water partition coefficient (Wildman–Crippen LogP) is 19.3. The van der Waals surface area contributed by atoms with Crippen LogP contribution in [0.25, 0.3) is 179 Å². The maximum atomic E-state index is 14.7. The Morgan fingerprint density at radius 3 is 1.14 bits per heavy atom. The molecule has 24 rings (SSSR count). The van der Waals surface area contributed by atoms with Crippen molar-refractivity contribution in [1.29, 1.82) is 0 Å². The van der Waals surface area contributed by atoms with E-state index in [1.807, 2.05) is 120 Å². The molecule has 0 bridgehead atoms. The lowest BCUT2D eigenvalue weighted by Crippen LogP contribution is -2.44. The van der Waals surface area contributed by atoms with E-state index in [0.29, 0.717) is 114 Å². The maximum absolute atomic E-state index is 14.7. The molecule has 143 heavy (non-hydrogen) atoms. The van der Waals surface area contributed by atoms with E-state index in [1.165, 1.54) is 30.3 Å². The summed E-state index contributed by atoms with van der Waals surface area (Å²) in [5, 5.41) is 34.9. The van der Waals surface area contributed by atoms with Crippen molar-refractivity contribution in [3.05, 3.63) is 309 Å². The molecule has 1 N–H and O–H groups in total. The second-order valence-electron chi connectivity index (χ2n) is 35.6. The zero-order valence-electron chi connectivity index (χ0n) is 78.2. The summed E-state index contributed by atoms with van der Waals surface area (Å²) in [5.41, 5.74) is 17.6. The molecule has 0 unspecified atom stereocenters. The predicted molar refractivity (Wildman–Crippen MR) is 541 cm³/mol. The van der Waals surface area contributed by atoms with E-state index in [1.54, 1.807) is 123 Å². The average molecular weight is 1930 g/mol. The highest BCUT2D eigenvalue weighted by Gasteiger charge is 2.29. The number of β-amino-alcohol motifs (C(OH)–C–C–N with tert-alkyl or cyclic N) is 1. The number of aliphatic hydroxyl groups is 1. The van der Waals surface area contributed by atoms with Gasteiger partial charge in [-0.25, -0.2) is 62.1 Å². The highest BCUT2D eigenvalue weighted by molar-refractivity contribution is 6.30. The zero-order chi connectivity index (χ0) is 97.4. The van der Waals surface area contributed by atoms with Gasteiger partial charge in [-0.2, -0.15) is 15.1 Å². The van der Waals surface area contributed by atoms with Crippen LogP contribution in [0.5, 0.6) is 0 Å². The third-order valence-electron chi connectivity index (χ3n) is 26.2. The Balaban J connectivity index is 0.000000113. The molecule has 4 fully saturated rings. The van der Waals surface area contributed by atoms with Crippen LogP contribution in [0, 0.1) is 23.3 Å². The van der Waals surface area contributed by atoms with Gasteiger partial charge in [0.2, 0.25) is 11.6 Å². The Hall–Kier alpha value is -16.2. The summed E-state index contributed by atoms with van der Waals surface area (Å²) in [6, 6.07) is 56.8. The molecule has 4 aliphatic rings. The minimum absolute atomic E-state index is 0.199. The van der Waals surface area contributed by atoms with Crippen molar-refractivity contribution in [2.45, 2.75) is 37.8 Å². The number of halogens is 5. The fraction of sp³-hybridized carbons (Fsp3) is 0.213. The summed E-state index contributed by atoms with van der Waals surface area (Å²) in [6.45, 7) is 12.1. The maximum Gasteiger partial charge on any atom is 0.324 e. The first-order valence-corrected chi connectivity index (χ1v) is 47.5. The third-order valence-corrected chi connectivity index (χ3v) is 26.5.